The topological polar surface area (TPSA) is 71.1 Å². The molecule has 1 aromatic heterocycles. The maximum atomic E-state index is 12.5. The molecule has 0 unspecified atom stereocenters. The Hall–Kier alpha value is -1.91. The van der Waals surface area contributed by atoms with Gasteiger partial charge in [0.2, 0.25) is 0 Å². The molecule has 0 aromatic carbocycles. The molecule has 0 fully saturated rings. The molecule has 0 aliphatic heterocycles. The summed E-state index contributed by atoms with van der Waals surface area (Å²) in [5.74, 6) is -0.300. The summed E-state index contributed by atoms with van der Waals surface area (Å²) in [4.78, 5) is 29.0. The zero-order valence-corrected chi connectivity index (χ0v) is 23.6. The third-order valence-corrected chi connectivity index (χ3v) is 6.89. The molecular formula is C31H55N3O2. The van der Waals surface area contributed by atoms with Gasteiger partial charge in [0.25, 0.3) is 11.8 Å². The predicted octanol–water partition coefficient (Wildman–Crippen LogP) is 8.38. The van der Waals surface area contributed by atoms with Gasteiger partial charge >= 0.3 is 0 Å². The number of unbranched alkanes of at least 4 members (excludes halogenated alkanes) is 18. The number of rotatable bonds is 24. The second-order valence-electron chi connectivity index (χ2n) is 10.3. The summed E-state index contributed by atoms with van der Waals surface area (Å²) in [7, 11) is 0. The minimum absolute atomic E-state index is 0.150. The van der Waals surface area contributed by atoms with E-state index in [-0.39, 0.29) is 11.8 Å². The molecule has 1 aromatic rings. The highest BCUT2D eigenvalue weighted by Crippen LogP contribution is 2.11. The van der Waals surface area contributed by atoms with Crippen molar-refractivity contribution in [3.63, 3.8) is 0 Å². The second kappa shape index (κ2) is 23.5. The average Bonchev–Trinajstić information content (AvgIpc) is 2.90. The van der Waals surface area contributed by atoms with E-state index < -0.39 is 0 Å². The molecule has 0 saturated carbocycles. The van der Waals surface area contributed by atoms with Gasteiger partial charge in [0.15, 0.2) is 0 Å². The third kappa shape index (κ3) is 17.5. The number of carbonyl (C=O) groups is 2. The smallest absolute Gasteiger partial charge is 0.252 e. The van der Waals surface area contributed by atoms with Crippen LogP contribution < -0.4 is 10.6 Å². The zero-order chi connectivity index (χ0) is 26.1. The summed E-state index contributed by atoms with van der Waals surface area (Å²) < 4.78 is 0. The van der Waals surface area contributed by atoms with Gasteiger partial charge in [0.05, 0.1) is 11.1 Å². The summed E-state index contributed by atoms with van der Waals surface area (Å²) in [6.45, 7) is 5.85. The van der Waals surface area contributed by atoms with Crippen LogP contribution in [0.1, 0.15) is 163 Å². The van der Waals surface area contributed by atoms with Gasteiger partial charge in [-0.05, 0) is 18.9 Å². The molecule has 5 nitrogen and oxygen atoms in total. The number of hydrogen-bond acceptors (Lipinski definition) is 3. The molecular weight excluding hydrogens is 446 g/mol. The van der Waals surface area contributed by atoms with Crippen molar-refractivity contribution >= 4 is 11.8 Å². The van der Waals surface area contributed by atoms with Crippen LogP contribution in [0.15, 0.2) is 18.5 Å². The zero-order valence-electron chi connectivity index (χ0n) is 23.6. The number of nitrogens with zero attached hydrogens (tertiary/aromatic N) is 1. The highest BCUT2D eigenvalue weighted by molar-refractivity contribution is 5.99. The number of hydrogen-bond donors (Lipinski definition) is 2. The van der Waals surface area contributed by atoms with Gasteiger partial charge in [-0.25, -0.2) is 0 Å². The minimum Gasteiger partial charge on any atom is -0.352 e. The Bertz CT molecular complexity index is 624. The molecule has 1 rings (SSSR count). The predicted molar refractivity (Wildman–Crippen MR) is 153 cm³/mol. The average molecular weight is 502 g/mol. The van der Waals surface area contributed by atoms with Gasteiger partial charge in [0, 0.05) is 25.5 Å². The lowest BCUT2D eigenvalue weighted by Gasteiger charge is -2.08. The normalized spacial score (nSPS) is 10.9. The lowest BCUT2D eigenvalue weighted by Crippen LogP contribution is -2.27. The SMILES string of the molecule is CCCCCCCCCCCCNC(=O)c1cncc(C(=O)NCCCCCCCCCCCC)c1. The highest BCUT2D eigenvalue weighted by atomic mass is 16.2. The first-order valence-electron chi connectivity index (χ1n) is 15.2. The summed E-state index contributed by atoms with van der Waals surface area (Å²) in [5.41, 5.74) is 0.905. The van der Waals surface area contributed by atoms with Crippen LogP contribution in [-0.2, 0) is 0 Å². The number of pyridine rings is 1. The molecule has 1 heterocycles. The Morgan fingerprint density at radius 2 is 0.833 bits per heavy atom. The highest BCUT2D eigenvalue weighted by Gasteiger charge is 2.11. The van der Waals surface area contributed by atoms with Gasteiger partial charge in [-0.1, -0.05) is 129 Å². The van der Waals surface area contributed by atoms with Crippen LogP contribution in [0.2, 0.25) is 0 Å². The monoisotopic (exact) mass is 501 g/mol. The van der Waals surface area contributed by atoms with E-state index in [4.69, 9.17) is 0 Å². The largest absolute Gasteiger partial charge is 0.352 e. The van der Waals surface area contributed by atoms with Gasteiger partial charge in [-0.3, -0.25) is 14.6 Å². The first-order chi connectivity index (χ1) is 17.7. The van der Waals surface area contributed by atoms with Crippen molar-refractivity contribution in [3.8, 4) is 0 Å². The van der Waals surface area contributed by atoms with Gasteiger partial charge in [-0.2, -0.15) is 0 Å². The van der Waals surface area contributed by atoms with Gasteiger partial charge in [-0.15, -0.1) is 0 Å². The quantitative estimate of drug-likeness (QED) is 0.140. The van der Waals surface area contributed by atoms with Crippen molar-refractivity contribution < 1.29 is 9.59 Å². The molecule has 0 bridgehead atoms. The van der Waals surface area contributed by atoms with Crippen molar-refractivity contribution in [3.05, 3.63) is 29.6 Å². The van der Waals surface area contributed by atoms with Crippen LogP contribution in [0.4, 0.5) is 0 Å². The third-order valence-electron chi connectivity index (χ3n) is 6.89. The number of carbonyl (C=O) groups excluding carboxylic acids is 2. The Morgan fingerprint density at radius 1 is 0.528 bits per heavy atom. The Morgan fingerprint density at radius 3 is 1.17 bits per heavy atom. The molecule has 2 amide bonds. The van der Waals surface area contributed by atoms with Crippen molar-refractivity contribution in [1.82, 2.24) is 15.6 Å². The van der Waals surface area contributed by atoms with Crippen LogP contribution in [0.5, 0.6) is 0 Å². The molecule has 0 aliphatic rings. The molecule has 0 atom stereocenters. The standard InChI is InChI=1S/C31H55N3O2/c1-3-5-7-9-11-13-15-17-19-21-23-33-30(35)28-25-29(27-32-26-28)31(36)34-24-22-20-18-16-14-12-10-8-6-4-2/h25-27H,3-24H2,1-2H3,(H,33,35)(H,34,36). The van der Waals surface area contributed by atoms with Crippen LogP contribution in [-0.4, -0.2) is 29.9 Å². The number of nitrogens with one attached hydrogen (secondary N) is 2. The summed E-state index contributed by atoms with van der Waals surface area (Å²) in [6.07, 6.45) is 28.6. The molecule has 0 aliphatic carbocycles. The first kappa shape index (κ1) is 32.1. The van der Waals surface area contributed by atoms with Crippen molar-refractivity contribution in [2.45, 2.75) is 142 Å². The molecule has 2 N–H and O–H groups in total. The molecule has 206 valence electrons. The van der Waals surface area contributed by atoms with E-state index in [2.05, 4.69) is 29.5 Å². The number of amides is 2. The first-order valence-corrected chi connectivity index (χ1v) is 15.2. The van der Waals surface area contributed by atoms with Crippen LogP contribution >= 0.6 is 0 Å². The Kier molecular flexibility index (Phi) is 21.0. The summed E-state index contributed by atoms with van der Waals surface area (Å²) in [5, 5.41) is 5.94. The fraction of sp³-hybridized carbons (Fsp3) is 0.774. The maximum absolute atomic E-state index is 12.5. The fourth-order valence-corrected chi connectivity index (χ4v) is 4.52. The summed E-state index contributed by atoms with van der Waals surface area (Å²) in [6, 6.07) is 1.65. The second-order valence-corrected chi connectivity index (χ2v) is 10.3. The van der Waals surface area contributed by atoms with Crippen LogP contribution in [0.25, 0.3) is 0 Å². The fourth-order valence-electron chi connectivity index (χ4n) is 4.52. The minimum atomic E-state index is -0.150. The van der Waals surface area contributed by atoms with E-state index in [1.807, 2.05) is 0 Å². The van der Waals surface area contributed by atoms with E-state index in [1.54, 1.807) is 6.07 Å². The van der Waals surface area contributed by atoms with Crippen molar-refractivity contribution in [1.29, 1.82) is 0 Å². The lowest BCUT2D eigenvalue weighted by atomic mass is 10.1. The molecule has 0 spiro atoms. The Balaban J connectivity index is 2.10. The maximum Gasteiger partial charge on any atom is 0.252 e. The lowest BCUT2D eigenvalue weighted by molar-refractivity contribution is 0.0952. The van der Waals surface area contributed by atoms with Crippen LogP contribution in [0.3, 0.4) is 0 Å². The van der Waals surface area contributed by atoms with Gasteiger partial charge in [0.1, 0.15) is 0 Å². The van der Waals surface area contributed by atoms with E-state index >= 15 is 0 Å². The Labute approximate surface area is 222 Å². The molecule has 5 heteroatoms. The number of aromatic nitrogens is 1. The molecule has 36 heavy (non-hydrogen) atoms. The van der Waals surface area contributed by atoms with E-state index in [0.29, 0.717) is 24.2 Å². The van der Waals surface area contributed by atoms with Crippen LogP contribution in [0, 0.1) is 0 Å². The molecule has 0 radical (unpaired) electrons. The van der Waals surface area contributed by atoms with Crippen molar-refractivity contribution in [2.75, 3.05) is 13.1 Å². The van der Waals surface area contributed by atoms with E-state index in [1.165, 1.54) is 115 Å². The van der Waals surface area contributed by atoms with Gasteiger partial charge < -0.3 is 10.6 Å². The van der Waals surface area contributed by atoms with E-state index in [0.717, 1.165) is 25.7 Å². The summed E-state index contributed by atoms with van der Waals surface area (Å²) >= 11 is 0. The molecule has 0 saturated heterocycles. The van der Waals surface area contributed by atoms with E-state index in [9.17, 15) is 9.59 Å². The van der Waals surface area contributed by atoms with Crippen molar-refractivity contribution in [2.24, 2.45) is 0 Å².